The molecule has 0 unspecified atom stereocenters. The second-order valence-corrected chi connectivity index (χ2v) is 3.29. The molecule has 90 valence electrons. The highest BCUT2D eigenvalue weighted by Gasteiger charge is 1.93. The molecular formula is C8H5Cl2FN4O2. The van der Waals surface area contributed by atoms with E-state index in [0.717, 1.165) is 0 Å². The van der Waals surface area contributed by atoms with Crippen LogP contribution in [0.1, 0.15) is 0 Å². The standard InChI is InChI=1S/C4H2Cl2N2.C4H3FN2O2/c5-3-1-2-7-4(6)8-3;5-2-1-6-4(9)7-3(2)8/h1-2H;1H,(H2,6,7,8,9). The van der Waals surface area contributed by atoms with E-state index in [2.05, 4.69) is 9.97 Å². The average molecular weight is 279 g/mol. The van der Waals surface area contributed by atoms with Crippen molar-refractivity contribution in [2.75, 3.05) is 0 Å². The average Bonchev–Trinajstić information content (AvgIpc) is 2.24. The van der Waals surface area contributed by atoms with Crippen LogP contribution in [0.2, 0.25) is 10.4 Å². The second-order valence-electron chi connectivity index (χ2n) is 2.57. The fourth-order valence-electron chi connectivity index (χ4n) is 0.708. The van der Waals surface area contributed by atoms with Gasteiger partial charge in [0.1, 0.15) is 5.15 Å². The Hall–Kier alpha value is -1.73. The van der Waals surface area contributed by atoms with Gasteiger partial charge >= 0.3 is 5.69 Å². The van der Waals surface area contributed by atoms with E-state index in [-0.39, 0.29) is 5.28 Å². The van der Waals surface area contributed by atoms with Crippen LogP contribution in [-0.4, -0.2) is 19.9 Å². The molecule has 2 rings (SSSR count). The van der Waals surface area contributed by atoms with Gasteiger partial charge in [-0.15, -0.1) is 0 Å². The van der Waals surface area contributed by atoms with Crippen LogP contribution < -0.4 is 11.2 Å². The predicted molar refractivity (Wildman–Crippen MR) is 59.7 cm³/mol. The number of aromatic nitrogens is 4. The minimum atomic E-state index is -1.00. The van der Waals surface area contributed by atoms with Crippen molar-refractivity contribution in [3.05, 3.63) is 55.6 Å². The molecule has 2 N–H and O–H groups in total. The summed E-state index contributed by atoms with van der Waals surface area (Å²) in [7, 11) is 0. The van der Waals surface area contributed by atoms with Gasteiger partial charge in [-0.25, -0.2) is 14.8 Å². The molecule has 0 aliphatic heterocycles. The number of aromatic amines is 2. The van der Waals surface area contributed by atoms with Gasteiger partial charge < -0.3 is 4.98 Å². The molecule has 6 nitrogen and oxygen atoms in total. The molecule has 2 aromatic rings. The van der Waals surface area contributed by atoms with Gasteiger partial charge in [-0.05, 0) is 17.7 Å². The minimum absolute atomic E-state index is 0.178. The fourth-order valence-corrected chi connectivity index (χ4v) is 1.03. The van der Waals surface area contributed by atoms with Crippen LogP contribution in [0.4, 0.5) is 4.39 Å². The van der Waals surface area contributed by atoms with E-state index in [1.807, 2.05) is 4.98 Å². The zero-order valence-electron chi connectivity index (χ0n) is 8.08. The molecular weight excluding hydrogens is 274 g/mol. The first-order valence-corrected chi connectivity index (χ1v) is 4.86. The van der Waals surface area contributed by atoms with Crippen molar-refractivity contribution in [2.24, 2.45) is 0 Å². The number of nitrogens with one attached hydrogen (secondary N) is 2. The Bertz CT molecular complexity index is 595. The van der Waals surface area contributed by atoms with Crippen LogP contribution in [0.15, 0.2) is 28.0 Å². The van der Waals surface area contributed by atoms with Crippen molar-refractivity contribution in [2.45, 2.75) is 0 Å². The molecule has 0 aliphatic carbocycles. The van der Waals surface area contributed by atoms with E-state index in [0.29, 0.717) is 11.3 Å². The maximum absolute atomic E-state index is 12.0. The monoisotopic (exact) mass is 278 g/mol. The Morgan fingerprint density at radius 1 is 1.29 bits per heavy atom. The molecule has 9 heteroatoms. The van der Waals surface area contributed by atoms with Crippen molar-refractivity contribution in [3.63, 3.8) is 0 Å². The molecule has 2 aromatic heterocycles. The summed E-state index contributed by atoms with van der Waals surface area (Å²) in [5, 5.41) is 0.544. The molecule has 0 atom stereocenters. The second kappa shape index (κ2) is 6.12. The number of halogens is 3. The van der Waals surface area contributed by atoms with Gasteiger partial charge in [-0.2, -0.15) is 4.39 Å². The maximum atomic E-state index is 12.0. The minimum Gasteiger partial charge on any atom is -0.311 e. The van der Waals surface area contributed by atoms with E-state index in [1.54, 1.807) is 11.1 Å². The van der Waals surface area contributed by atoms with Crippen LogP contribution in [0.25, 0.3) is 0 Å². The van der Waals surface area contributed by atoms with Gasteiger partial charge in [-0.3, -0.25) is 9.78 Å². The Labute approximate surface area is 103 Å². The van der Waals surface area contributed by atoms with Gasteiger partial charge in [-0.1, -0.05) is 11.6 Å². The first kappa shape index (κ1) is 13.3. The van der Waals surface area contributed by atoms with E-state index in [4.69, 9.17) is 23.2 Å². The fraction of sp³-hybridized carbons (Fsp3) is 0. The lowest BCUT2D eigenvalue weighted by atomic mass is 10.6. The molecule has 0 aromatic carbocycles. The van der Waals surface area contributed by atoms with Crippen molar-refractivity contribution in [1.82, 2.24) is 19.9 Å². The first-order chi connectivity index (χ1) is 7.99. The van der Waals surface area contributed by atoms with Crippen LogP contribution in [0.5, 0.6) is 0 Å². The summed E-state index contributed by atoms with van der Waals surface area (Å²) < 4.78 is 12.0. The molecule has 0 bridgehead atoms. The highest BCUT2D eigenvalue weighted by Crippen LogP contribution is 2.04. The summed E-state index contributed by atoms with van der Waals surface area (Å²) in [5.41, 5.74) is -1.71. The SMILES string of the molecule is Clc1ccnc(Cl)n1.O=c1[nH]cc(F)c(=O)[nH]1. The lowest BCUT2D eigenvalue weighted by Gasteiger charge is -1.85. The van der Waals surface area contributed by atoms with Crippen molar-refractivity contribution in [1.29, 1.82) is 0 Å². The third-order valence-corrected chi connectivity index (χ3v) is 1.76. The molecule has 0 saturated carbocycles. The zero-order chi connectivity index (χ0) is 12.8. The normalized spacial score (nSPS) is 9.35. The molecule has 17 heavy (non-hydrogen) atoms. The van der Waals surface area contributed by atoms with E-state index < -0.39 is 17.1 Å². The largest absolute Gasteiger partial charge is 0.325 e. The summed E-state index contributed by atoms with van der Waals surface area (Å²) >= 11 is 10.7. The van der Waals surface area contributed by atoms with Gasteiger partial charge in [0.2, 0.25) is 11.1 Å². The molecule has 0 spiro atoms. The Morgan fingerprint density at radius 3 is 2.41 bits per heavy atom. The van der Waals surface area contributed by atoms with Crippen LogP contribution in [0.3, 0.4) is 0 Å². The smallest absolute Gasteiger partial charge is 0.311 e. The third-order valence-electron chi connectivity index (χ3n) is 1.37. The maximum Gasteiger partial charge on any atom is 0.325 e. The number of hydrogen-bond donors (Lipinski definition) is 2. The summed E-state index contributed by atoms with van der Waals surface area (Å²) in [6.45, 7) is 0. The number of hydrogen-bond acceptors (Lipinski definition) is 4. The highest BCUT2D eigenvalue weighted by atomic mass is 35.5. The van der Waals surface area contributed by atoms with E-state index in [9.17, 15) is 14.0 Å². The zero-order valence-corrected chi connectivity index (χ0v) is 9.59. The first-order valence-electron chi connectivity index (χ1n) is 4.10. The van der Waals surface area contributed by atoms with Crippen LogP contribution in [0, 0.1) is 5.82 Å². The summed E-state index contributed by atoms with van der Waals surface area (Å²) in [6.07, 6.45) is 2.21. The highest BCUT2D eigenvalue weighted by molar-refractivity contribution is 6.31. The lowest BCUT2D eigenvalue weighted by molar-refractivity contribution is 0.597. The van der Waals surface area contributed by atoms with Gasteiger partial charge in [0.15, 0.2) is 0 Å². The van der Waals surface area contributed by atoms with Gasteiger partial charge in [0, 0.05) is 12.4 Å². The quantitative estimate of drug-likeness (QED) is 0.555. The summed E-state index contributed by atoms with van der Waals surface area (Å²) in [6, 6.07) is 1.56. The van der Waals surface area contributed by atoms with Crippen molar-refractivity contribution >= 4 is 23.2 Å². The Balaban J connectivity index is 0.000000171. The number of H-pyrrole nitrogens is 2. The van der Waals surface area contributed by atoms with Crippen molar-refractivity contribution in [3.8, 4) is 0 Å². The van der Waals surface area contributed by atoms with Crippen LogP contribution in [-0.2, 0) is 0 Å². The molecule has 0 amide bonds. The number of rotatable bonds is 0. The molecule has 0 radical (unpaired) electrons. The van der Waals surface area contributed by atoms with Gasteiger partial charge in [0.25, 0.3) is 5.56 Å². The van der Waals surface area contributed by atoms with Crippen LogP contribution >= 0.6 is 23.2 Å². The molecule has 0 fully saturated rings. The summed E-state index contributed by atoms with van der Waals surface area (Å²) in [5.74, 6) is -0.991. The molecule has 0 aliphatic rings. The third kappa shape index (κ3) is 4.75. The van der Waals surface area contributed by atoms with Gasteiger partial charge in [0.05, 0.1) is 0 Å². The Kier molecular flexibility index (Phi) is 4.80. The van der Waals surface area contributed by atoms with Crippen molar-refractivity contribution < 1.29 is 4.39 Å². The lowest BCUT2D eigenvalue weighted by Crippen LogP contribution is -2.23. The Morgan fingerprint density at radius 2 is 2.00 bits per heavy atom. The predicted octanol–water partition coefficient (Wildman–Crippen LogP) is 0.986. The topological polar surface area (TPSA) is 91.5 Å². The van der Waals surface area contributed by atoms with E-state index in [1.165, 1.54) is 6.20 Å². The summed E-state index contributed by atoms with van der Waals surface area (Å²) in [4.78, 5) is 31.2. The van der Waals surface area contributed by atoms with E-state index >= 15 is 0 Å². The molecule has 0 saturated heterocycles. The molecule has 2 heterocycles. The number of nitrogens with zero attached hydrogens (tertiary/aromatic N) is 2.